The number of nitrogens with one attached hydrogen (secondary N) is 2. The molecule has 0 aliphatic rings. The number of amides is 1. The molecule has 0 unspecified atom stereocenters. The molecule has 0 spiro atoms. The predicted octanol–water partition coefficient (Wildman–Crippen LogP) is 4.27. The minimum Gasteiger partial charge on any atom is -0.381 e. The van der Waals surface area contributed by atoms with Crippen molar-refractivity contribution in [2.45, 2.75) is 13.3 Å². The first kappa shape index (κ1) is 17.9. The Balaban J connectivity index is 1.96. The van der Waals surface area contributed by atoms with Crippen molar-refractivity contribution >= 4 is 40.0 Å². The highest BCUT2D eigenvalue weighted by atomic mass is 35.5. The van der Waals surface area contributed by atoms with E-state index in [-0.39, 0.29) is 17.5 Å². The van der Waals surface area contributed by atoms with E-state index in [1.54, 1.807) is 19.2 Å². The maximum absolute atomic E-state index is 11.9. The smallest absolute Gasteiger partial charge is 0.225 e. The van der Waals surface area contributed by atoms with Gasteiger partial charge in [-0.3, -0.25) is 9.89 Å². The highest BCUT2D eigenvalue weighted by molar-refractivity contribution is 6.35. The number of benzene rings is 2. The molecule has 28 heavy (non-hydrogen) atoms. The van der Waals surface area contributed by atoms with Gasteiger partial charge in [-0.1, -0.05) is 48.9 Å². The Kier molecular flexibility index (Phi) is 4.67. The van der Waals surface area contributed by atoms with E-state index in [1.807, 2.05) is 36.4 Å². The molecule has 7 nitrogen and oxygen atoms in total. The number of carbonyl (C=O) groups is 1. The number of halogens is 1. The molecule has 4 N–H and O–H groups in total. The number of anilines is 2. The van der Waals surface area contributed by atoms with E-state index >= 15 is 0 Å². The van der Waals surface area contributed by atoms with Crippen molar-refractivity contribution in [3.63, 3.8) is 0 Å². The van der Waals surface area contributed by atoms with Crippen LogP contribution in [-0.4, -0.2) is 26.1 Å². The van der Waals surface area contributed by atoms with Gasteiger partial charge in [-0.05, 0) is 12.1 Å². The summed E-state index contributed by atoms with van der Waals surface area (Å²) in [6.07, 6.45) is 2.00. The van der Waals surface area contributed by atoms with Gasteiger partial charge in [0, 0.05) is 22.9 Å². The molecule has 0 fully saturated rings. The van der Waals surface area contributed by atoms with Gasteiger partial charge in [0.25, 0.3) is 0 Å². The van der Waals surface area contributed by atoms with Crippen molar-refractivity contribution in [2.24, 2.45) is 0 Å². The van der Waals surface area contributed by atoms with Crippen molar-refractivity contribution in [3.05, 3.63) is 53.7 Å². The maximum atomic E-state index is 11.9. The number of aromatic nitrogens is 4. The number of aromatic amines is 1. The van der Waals surface area contributed by atoms with Crippen LogP contribution in [0.5, 0.6) is 0 Å². The quantitative estimate of drug-likeness (QED) is 0.480. The first-order chi connectivity index (χ1) is 13.6. The Morgan fingerprint density at radius 1 is 1.14 bits per heavy atom. The third-order valence-electron chi connectivity index (χ3n) is 4.32. The molecule has 2 aromatic carbocycles. The minimum absolute atomic E-state index is 0.153. The molecule has 0 bridgehead atoms. The van der Waals surface area contributed by atoms with Crippen LogP contribution < -0.4 is 11.1 Å². The van der Waals surface area contributed by atoms with Crippen LogP contribution in [-0.2, 0) is 4.79 Å². The van der Waals surface area contributed by atoms with Crippen molar-refractivity contribution in [1.29, 1.82) is 0 Å². The summed E-state index contributed by atoms with van der Waals surface area (Å²) in [5, 5.41) is 11.0. The summed E-state index contributed by atoms with van der Waals surface area (Å²) in [5.41, 5.74) is 9.60. The molecule has 4 rings (SSSR count). The largest absolute Gasteiger partial charge is 0.381 e. The fourth-order valence-corrected chi connectivity index (χ4v) is 3.18. The van der Waals surface area contributed by atoms with Crippen LogP contribution in [0.25, 0.3) is 33.4 Å². The zero-order valence-electron chi connectivity index (χ0n) is 15.0. The Morgan fingerprint density at radius 3 is 2.64 bits per heavy atom. The van der Waals surface area contributed by atoms with Gasteiger partial charge in [0.1, 0.15) is 0 Å². The SMILES string of the molecule is CCC(=O)Nc1nc(-c2cc(Cl)c3[nH]ncc3c2)c(-c2ccccc2)nc1N. The lowest BCUT2D eigenvalue weighted by Crippen LogP contribution is -2.14. The zero-order valence-corrected chi connectivity index (χ0v) is 15.8. The van der Waals surface area contributed by atoms with Crippen LogP contribution in [0.1, 0.15) is 13.3 Å². The first-order valence-corrected chi connectivity index (χ1v) is 9.10. The number of fused-ring (bicyclic) bond motifs is 1. The van der Waals surface area contributed by atoms with E-state index in [9.17, 15) is 4.79 Å². The number of nitrogens with zero attached hydrogens (tertiary/aromatic N) is 3. The molecule has 0 aliphatic carbocycles. The number of H-pyrrole nitrogens is 1. The molecular weight excluding hydrogens is 376 g/mol. The molecule has 0 saturated carbocycles. The van der Waals surface area contributed by atoms with Crippen LogP contribution in [0.2, 0.25) is 5.02 Å². The summed E-state index contributed by atoms with van der Waals surface area (Å²) in [6.45, 7) is 1.75. The molecule has 0 radical (unpaired) electrons. The second-order valence-electron chi connectivity index (χ2n) is 6.21. The Hall–Kier alpha value is -3.45. The minimum atomic E-state index is -0.192. The molecule has 1 amide bonds. The van der Waals surface area contributed by atoms with Gasteiger partial charge < -0.3 is 11.1 Å². The molecular formula is C20H17ClN6O. The van der Waals surface area contributed by atoms with Crippen molar-refractivity contribution in [3.8, 4) is 22.5 Å². The van der Waals surface area contributed by atoms with E-state index in [0.717, 1.165) is 22.0 Å². The molecule has 0 atom stereocenters. The number of carbonyl (C=O) groups excluding carboxylic acids is 1. The monoisotopic (exact) mass is 392 g/mol. The van der Waals surface area contributed by atoms with Crippen LogP contribution in [0.3, 0.4) is 0 Å². The summed E-state index contributed by atoms with van der Waals surface area (Å²) in [4.78, 5) is 21.0. The third kappa shape index (κ3) is 3.27. The number of nitrogens with two attached hydrogens (primary N) is 1. The average Bonchev–Trinajstić information content (AvgIpc) is 3.19. The van der Waals surface area contributed by atoms with Crippen LogP contribution in [0.15, 0.2) is 48.7 Å². The fourth-order valence-electron chi connectivity index (χ4n) is 2.91. The number of hydrogen-bond acceptors (Lipinski definition) is 5. The van der Waals surface area contributed by atoms with E-state index in [4.69, 9.17) is 17.3 Å². The number of rotatable bonds is 4. The van der Waals surface area contributed by atoms with Crippen LogP contribution in [0.4, 0.5) is 11.6 Å². The topological polar surface area (TPSA) is 110 Å². The second-order valence-corrected chi connectivity index (χ2v) is 6.62. The lowest BCUT2D eigenvalue weighted by Gasteiger charge is -2.14. The highest BCUT2D eigenvalue weighted by Crippen LogP contribution is 2.35. The Morgan fingerprint density at radius 2 is 1.89 bits per heavy atom. The number of nitrogen functional groups attached to an aromatic ring is 1. The summed E-state index contributed by atoms with van der Waals surface area (Å²) in [7, 11) is 0. The van der Waals surface area contributed by atoms with Gasteiger partial charge in [0.2, 0.25) is 5.91 Å². The summed E-state index contributed by atoms with van der Waals surface area (Å²) >= 11 is 6.42. The van der Waals surface area contributed by atoms with Crippen molar-refractivity contribution < 1.29 is 4.79 Å². The predicted molar refractivity (Wildman–Crippen MR) is 111 cm³/mol. The molecule has 4 aromatic rings. The van der Waals surface area contributed by atoms with Gasteiger partial charge >= 0.3 is 0 Å². The van der Waals surface area contributed by atoms with Crippen molar-refractivity contribution in [1.82, 2.24) is 20.2 Å². The van der Waals surface area contributed by atoms with E-state index in [2.05, 4.69) is 25.5 Å². The molecule has 2 heterocycles. The summed E-state index contributed by atoms with van der Waals surface area (Å²) in [6, 6.07) is 13.3. The lowest BCUT2D eigenvalue weighted by atomic mass is 10.0. The van der Waals surface area contributed by atoms with Gasteiger partial charge in [0.05, 0.1) is 28.1 Å². The van der Waals surface area contributed by atoms with Gasteiger partial charge in [-0.25, -0.2) is 9.97 Å². The normalized spacial score (nSPS) is 10.9. The van der Waals surface area contributed by atoms with Gasteiger partial charge in [-0.15, -0.1) is 0 Å². The highest BCUT2D eigenvalue weighted by Gasteiger charge is 2.18. The molecule has 0 saturated heterocycles. The van der Waals surface area contributed by atoms with Crippen LogP contribution in [0, 0.1) is 0 Å². The summed E-state index contributed by atoms with van der Waals surface area (Å²) in [5.74, 6) is 0.188. The average molecular weight is 393 g/mol. The van der Waals surface area contributed by atoms with Crippen molar-refractivity contribution in [2.75, 3.05) is 11.1 Å². The Labute approximate surface area is 166 Å². The third-order valence-corrected chi connectivity index (χ3v) is 4.62. The Bertz CT molecular complexity index is 1170. The molecule has 0 aliphatic heterocycles. The zero-order chi connectivity index (χ0) is 19.7. The van der Waals surface area contributed by atoms with E-state index in [0.29, 0.717) is 22.8 Å². The lowest BCUT2D eigenvalue weighted by molar-refractivity contribution is -0.115. The van der Waals surface area contributed by atoms with E-state index in [1.165, 1.54) is 0 Å². The standard InChI is InChI=1S/C20H17ClN6O/c1-2-15(28)24-20-19(22)25-17(11-6-4-3-5-7-11)18(26-20)12-8-13-10-23-27-16(13)14(21)9-12/h3-10H,2H2,1H3,(H2,22,25)(H,23,27)(H,24,26,28). The first-order valence-electron chi connectivity index (χ1n) is 8.72. The van der Waals surface area contributed by atoms with Gasteiger partial charge in [-0.2, -0.15) is 5.10 Å². The van der Waals surface area contributed by atoms with Crippen LogP contribution >= 0.6 is 11.6 Å². The molecule has 8 heteroatoms. The molecule has 2 aromatic heterocycles. The van der Waals surface area contributed by atoms with Gasteiger partial charge in [0.15, 0.2) is 11.6 Å². The maximum Gasteiger partial charge on any atom is 0.225 e. The second kappa shape index (κ2) is 7.28. The molecule has 140 valence electrons. The number of hydrogen-bond donors (Lipinski definition) is 3. The summed E-state index contributed by atoms with van der Waals surface area (Å²) < 4.78 is 0. The van der Waals surface area contributed by atoms with E-state index < -0.39 is 0 Å². The fraction of sp³-hybridized carbons (Fsp3) is 0.100.